The van der Waals surface area contributed by atoms with Crippen molar-refractivity contribution in [2.75, 3.05) is 0 Å². The molecule has 27 heavy (non-hydrogen) atoms. The van der Waals surface area contributed by atoms with Crippen LogP contribution in [0.4, 0.5) is 0 Å². The van der Waals surface area contributed by atoms with Gasteiger partial charge in [0.25, 0.3) is 0 Å². The van der Waals surface area contributed by atoms with E-state index in [9.17, 15) is 4.79 Å². The lowest BCUT2D eigenvalue weighted by Crippen LogP contribution is -1.99. The summed E-state index contributed by atoms with van der Waals surface area (Å²) in [5, 5.41) is 0. The molecule has 0 unspecified atom stereocenters. The highest BCUT2D eigenvalue weighted by molar-refractivity contribution is 6.04. The van der Waals surface area contributed by atoms with Crippen molar-refractivity contribution in [1.82, 2.24) is 0 Å². The molecule has 2 heteroatoms. The molecule has 0 saturated carbocycles. The van der Waals surface area contributed by atoms with Gasteiger partial charge in [0.1, 0.15) is 5.75 Å². The Labute approximate surface area is 157 Å². The van der Waals surface area contributed by atoms with Gasteiger partial charge < -0.3 is 4.74 Å². The first kappa shape index (κ1) is 15.6. The molecule has 0 bridgehead atoms. The van der Waals surface area contributed by atoms with Gasteiger partial charge in [0.15, 0.2) is 0 Å². The van der Waals surface area contributed by atoms with E-state index in [0.29, 0.717) is 5.75 Å². The third kappa shape index (κ3) is 2.38. The van der Waals surface area contributed by atoms with Gasteiger partial charge in [-0.1, -0.05) is 84.9 Å². The summed E-state index contributed by atoms with van der Waals surface area (Å²) in [7, 11) is 0. The van der Waals surface area contributed by atoms with Crippen molar-refractivity contribution in [3.8, 4) is 50.3 Å². The fourth-order valence-electron chi connectivity index (χ4n) is 4.01. The van der Waals surface area contributed by atoms with Crippen LogP contribution in [0.5, 0.6) is 5.75 Å². The molecule has 0 heterocycles. The van der Waals surface area contributed by atoms with E-state index in [1.54, 1.807) is 6.47 Å². The summed E-state index contributed by atoms with van der Waals surface area (Å²) in [6.07, 6.45) is 0. The van der Waals surface area contributed by atoms with Gasteiger partial charge in [-0.25, -0.2) is 4.79 Å². The van der Waals surface area contributed by atoms with Gasteiger partial charge in [-0.05, 0) is 45.0 Å². The Kier molecular flexibility index (Phi) is 3.61. The molecule has 2 nitrogen and oxygen atoms in total. The highest BCUT2D eigenvalue weighted by Gasteiger charge is 2.23. The van der Waals surface area contributed by atoms with Crippen LogP contribution in [0.15, 0.2) is 91.0 Å². The van der Waals surface area contributed by atoms with Gasteiger partial charge in [-0.15, -0.1) is 0 Å². The zero-order valence-electron chi connectivity index (χ0n) is 14.5. The standard InChI is InChI=1S/C25H15O2/c26-16-27-24-15-7-14-23-21-11-4-3-10-19(21)17-8-1-2-9-18(17)20-12-5-6-13-22(20)25(23)24/h1-15H. The zero-order chi connectivity index (χ0) is 18.2. The molecular weight excluding hydrogens is 332 g/mol. The average molecular weight is 347 g/mol. The second-order valence-electron chi connectivity index (χ2n) is 6.50. The third-order valence-electron chi connectivity index (χ3n) is 5.10. The molecule has 127 valence electrons. The first-order valence-corrected chi connectivity index (χ1v) is 8.84. The van der Waals surface area contributed by atoms with Crippen molar-refractivity contribution >= 4 is 6.47 Å². The second kappa shape index (κ2) is 6.26. The van der Waals surface area contributed by atoms with E-state index in [4.69, 9.17) is 4.74 Å². The minimum absolute atomic E-state index is 0.518. The van der Waals surface area contributed by atoms with Crippen LogP contribution in [0.1, 0.15) is 0 Å². The Bertz CT molecular complexity index is 1170. The molecule has 0 aromatic heterocycles. The van der Waals surface area contributed by atoms with Crippen molar-refractivity contribution < 1.29 is 9.53 Å². The Morgan fingerprint density at radius 2 is 0.889 bits per heavy atom. The first-order valence-electron chi connectivity index (χ1n) is 8.84. The third-order valence-corrected chi connectivity index (χ3v) is 5.10. The van der Waals surface area contributed by atoms with Crippen LogP contribution in [-0.2, 0) is 4.79 Å². The van der Waals surface area contributed by atoms with E-state index in [1.165, 1.54) is 5.56 Å². The molecule has 0 spiro atoms. The molecule has 0 saturated heterocycles. The minimum Gasteiger partial charge on any atom is -0.417 e. The maximum Gasteiger partial charge on any atom is 0.423 e. The number of carbonyl (C=O) groups excluding carboxylic acids is 1. The van der Waals surface area contributed by atoms with E-state index in [1.807, 2.05) is 30.3 Å². The van der Waals surface area contributed by atoms with Gasteiger partial charge in [0.05, 0.1) is 0 Å². The number of ether oxygens (including phenoxy) is 1. The molecule has 1 aliphatic carbocycles. The van der Waals surface area contributed by atoms with Crippen molar-refractivity contribution in [3.63, 3.8) is 0 Å². The molecule has 5 rings (SSSR count). The van der Waals surface area contributed by atoms with E-state index in [-0.39, 0.29) is 0 Å². The fourth-order valence-corrected chi connectivity index (χ4v) is 4.01. The van der Waals surface area contributed by atoms with Crippen LogP contribution in [0.25, 0.3) is 44.5 Å². The summed E-state index contributed by atoms with van der Waals surface area (Å²) in [5.74, 6) is 0.518. The highest BCUT2D eigenvalue weighted by Crippen LogP contribution is 2.49. The summed E-state index contributed by atoms with van der Waals surface area (Å²) < 4.78 is 5.25. The molecule has 0 atom stereocenters. The van der Waals surface area contributed by atoms with Crippen molar-refractivity contribution in [2.45, 2.75) is 0 Å². The van der Waals surface area contributed by atoms with Crippen molar-refractivity contribution in [2.24, 2.45) is 0 Å². The Balaban J connectivity index is 2.00. The molecule has 4 aromatic rings. The van der Waals surface area contributed by atoms with Gasteiger partial charge in [-0.3, -0.25) is 0 Å². The van der Waals surface area contributed by atoms with Gasteiger partial charge >= 0.3 is 6.47 Å². The predicted molar refractivity (Wildman–Crippen MR) is 108 cm³/mol. The Hall–Kier alpha value is -3.65. The van der Waals surface area contributed by atoms with Crippen LogP contribution < -0.4 is 4.74 Å². The maximum absolute atomic E-state index is 11.0. The molecule has 1 radical (unpaired) electrons. The highest BCUT2D eigenvalue weighted by atomic mass is 16.5. The predicted octanol–water partition coefficient (Wildman–Crippen LogP) is 6.11. The molecule has 0 aliphatic heterocycles. The first-order chi connectivity index (χ1) is 13.4. The molecule has 1 aliphatic rings. The van der Waals surface area contributed by atoms with Crippen molar-refractivity contribution in [3.05, 3.63) is 91.0 Å². The van der Waals surface area contributed by atoms with Crippen LogP contribution in [0.2, 0.25) is 0 Å². The summed E-state index contributed by atoms with van der Waals surface area (Å²) in [6, 6.07) is 30.9. The number of rotatable bonds is 2. The van der Waals surface area contributed by atoms with Crippen LogP contribution in [-0.4, -0.2) is 6.47 Å². The largest absolute Gasteiger partial charge is 0.423 e. The molecule has 0 N–H and O–H groups in total. The van der Waals surface area contributed by atoms with Crippen LogP contribution in [0.3, 0.4) is 0 Å². The van der Waals surface area contributed by atoms with E-state index in [0.717, 1.165) is 38.9 Å². The summed E-state index contributed by atoms with van der Waals surface area (Å²) in [4.78, 5) is 11.0. The zero-order valence-corrected chi connectivity index (χ0v) is 14.5. The molecule has 4 aromatic carbocycles. The quantitative estimate of drug-likeness (QED) is 0.385. The minimum atomic E-state index is 0.518. The van der Waals surface area contributed by atoms with E-state index >= 15 is 0 Å². The fraction of sp³-hybridized carbons (Fsp3) is 0. The average Bonchev–Trinajstić information content (AvgIpc) is 2.73. The van der Waals surface area contributed by atoms with E-state index < -0.39 is 0 Å². The second-order valence-corrected chi connectivity index (χ2v) is 6.50. The number of fused-ring (bicyclic) bond motifs is 8. The van der Waals surface area contributed by atoms with Crippen molar-refractivity contribution in [1.29, 1.82) is 0 Å². The molecular formula is C25H15O2. The monoisotopic (exact) mass is 347 g/mol. The summed E-state index contributed by atoms with van der Waals surface area (Å²) in [5.41, 5.74) is 8.75. The van der Waals surface area contributed by atoms with Gasteiger partial charge in [0.2, 0.25) is 0 Å². The van der Waals surface area contributed by atoms with Crippen LogP contribution in [0, 0.1) is 0 Å². The number of hydrogen-bond acceptors (Lipinski definition) is 2. The topological polar surface area (TPSA) is 26.3 Å². The molecule has 0 fully saturated rings. The normalized spacial score (nSPS) is 11.1. The summed E-state index contributed by atoms with van der Waals surface area (Å²) in [6.45, 7) is 1.59. The Morgan fingerprint density at radius 3 is 1.41 bits per heavy atom. The lowest BCUT2D eigenvalue weighted by Gasteiger charge is -2.23. The summed E-state index contributed by atoms with van der Waals surface area (Å²) >= 11 is 0. The van der Waals surface area contributed by atoms with Gasteiger partial charge in [-0.2, -0.15) is 0 Å². The SMILES string of the molecule is O=[C]Oc1cccc2c1-c1ccccc1-c1ccccc1-c1ccccc1-2. The lowest BCUT2D eigenvalue weighted by molar-refractivity contribution is 0.443. The number of hydrogen-bond donors (Lipinski definition) is 0. The van der Waals surface area contributed by atoms with Gasteiger partial charge in [0, 0.05) is 5.56 Å². The lowest BCUT2D eigenvalue weighted by atomic mass is 9.80. The Morgan fingerprint density at radius 1 is 0.481 bits per heavy atom. The van der Waals surface area contributed by atoms with Crippen LogP contribution >= 0.6 is 0 Å². The smallest absolute Gasteiger partial charge is 0.417 e. The molecule has 0 amide bonds. The number of benzene rings is 4. The van der Waals surface area contributed by atoms with E-state index in [2.05, 4.69) is 60.7 Å². The maximum atomic E-state index is 11.0.